The number of carbonyl (C=O) groups is 1. The maximum absolute atomic E-state index is 12.0. The van der Waals surface area contributed by atoms with Crippen LogP contribution in [0.15, 0.2) is 47.6 Å². The van der Waals surface area contributed by atoms with Gasteiger partial charge in [0.15, 0.2) is 5.76 Å². The summed E-state index contributed by atoms with van der Waals surface area (Å²) >= 11 is 0. The second-order valence-corrected chi connectivity index (χ2v) is 6.51. The normalized spacial score (nSPS) is 14.8. The SMILES string of the molecule is CCOC(=O)C1CCN(c2ncc(-c3cnccn3)c(-c3ccco3)n2)CC1. The van der Waals surface area contributed by atoms with E-state index in [0.29, 0.717) is 42.8 Å². The lowest BCUT2D eigenvalue weighted by atomic mass is 9.97. The van der Waals surface area contributed by atoms with Crippen molar-refractivity contribution in [1.29, 1.82) is 0 Å². The number of furan rings is 1. The Balaban J connectivity index is 1.60. The fraction of sp³-hybridized carbons (Fsp3) is 0.350. The van der Waals surface area contributed by atoms with E-state index in [9.17, 15) is 4.79 Å². The largest absolute Gasteiger partial charge is 0.466 e. The van der Waals surface area contributed by atoms with Gasteiger partial charge in [0.2, 0.25) is 5.95 Å². The molecule has 0 saturated carbocycles. The van der Waals surface area contributed by atoms with E-state index in [1.807, 2.05) is 19.1 Å². The predicted octanol–water partition coefficient (Wildman–Crippen LogP) is 2.97. The first-order valence-electron chi connectivity index (χ1n) is 9.35. The van der Waals surface area contributed by atoms with Gasteiger partial charge in [0.25, 0.3) is 0 Å². The van der Waals surface area contributed by atoms with E-state index in [0.717, 1.165) is 18.4 Å². The van der Waals surface area contributed by atoms with E-state index >= 15 is 0 Å². The topological polar surface area (TPSA) is 94.2 Å². The monoisotopic (exact) mass is 379 g/mol. The third-order valence-corrected chi connectivity index (χ3v) is 4.77. The van der Waals surface area contributed by atoms with Crippen molar-refractivity contribution >= 4 is 11.9 Å². The van der Waals surface area contributed by atoms with Crippen LogP contribution in [0.3, 0.4) is 0 Å². The molecule has 0 spiro atoms. The second-order valence-electron chi connectivity index (χ2n) is 6.51. The van der Waals surface area contributed by atoms with Crippen LogP contribution in [0.25, 0.3) is 22.7 Å². The van der Waals surface area contributed by atoms with E-state index in [1.165, 1.54) is 0 Å². The van der Waals surface area contributed by atoms with Crippen LogP contribution >= 0.6 is 0 Å². The number of anilines is 1. The quantitative estimate of drug-likeness (QED) is 0.625. The van der Waals surface area contributed by atoms with Crippen LogP contribution in [-0.2, 0) is 9.53 Å². The standard InChI is InChI=1S/C20H21N5O3/c1-2-27-19(26)14-5-9-25(10-6-14)20-23-12-15(16-13-21-7-8-22-16)18(24-20)17-4-3-11-28-17/h3-4,7-8,11-14H,2,5-6,9-10H2,1H3. The third-order valence-electron chi connectivity index (χ3n) is 4.77. The van der Waals surface area contributed by atoms with Gasteiger partial charge in [0, 0.05) is 37.2 Å². The number of rotatable bonds is 5. The summed E-state index contributed by atoms with van der Waals surface area (Å²) in [6, 6.07) is 3.68. The summed E-state index contributed by atoms with van der Waals surface area (Å²) in [7, 11) is 0. The molecule has 4 rings (SSSR count). The van der Waals surface area contributed by atoms with Gasteiger partial charge < -0.3 is 14.1 Å². The van der Waals surface area contributed by atoms with Crippen LogP contribution in [0.5, 0.6) is 0 Å². The van der Waals surface area contributed by atoms with Gasteiger partial charge in [-0.3, -0.25) is 14.8 Å². The molecular formula is C20H21N5O3. The average molecular weight is 379 g/mol. The molecule has 1 aliphatic heterocycles. The molecular weight excluding hydrogens is 358 g/mol. The molecule has 3 aromatic rings. The van der Waals surface area contributed by atoms with Crippen molar-refractivity contribution in [3.63, 3.8) is 0 Å². The molecule has 0 bridgehead atoms. The summed E-state index contributed by atoms with van der Waals surface area (Å²) in [6.45, 7) is 3.64. The van der Waals surface area contributed by atoms with E-state index in [-0.39, 0.29) is 11.9 Å². The van der Waals surface area contributed by atoms with Crippen molar-refractivity contribution < 1.29 is 13.9 Å². The van der Waals surface area contributed by atoms with Gasteiger partial charge in [0.1, 0.15) is 5.69 Å². The molecule has 0 unspecified atom stereocenters. The fourth-order valence-corrected chi connectivity index (χ4v) is 3.33. The number of esters is 1. The lowest BCUT2D eigenvalue weighted by molar-refractivity contribution is -0.148. The molecule has 0 atom stereocenters. The van der Waals surface area contributed by atoms with Gasteiger partial charge in [-0.05, 0) is 31.9 Å². The molecule has 8 heteroatoms. The Morgan fingerprint density at radius 1 is 1.25 bits per heavy atom. The first-order chi connectivity index (χ1) is 13.8. The van der Waals surface area contributed by atoms with Crippen LogP contribution in [0, 0.1) is 5.92 Å². The van der Waals surface area contributed by atoms with E-state index < -0.39 is 0 Å². The van der Waals surface area contributed by atoms with E-state index in [2.05, 4.69) is 19.9 Å². The highest BCUT2D eigenvalue weighted by molar-refractivity contribution is 5.76. The highest BCUT2D eigenvalue weighted by Gasteiger charge is 2.27. The number of carbonyl (C=O) groups excluding carboxylic acids is 1. The molecule has 1 aliphatic rings. The Hall–Kier alpha value is -3.29. The molecule has 1 saturated heterocycles. The van der Waals surface area contributed by atoms with Crippen molar-refractivity contribution in [2.75, 3.05) is 24.6 Å². The van der Waals surface area contributed by atoms with Gasteiger partial charge in [-0.15, -0.1) is 0 Å². The third kappa shape index (κ3) is 3.71. The molecule has 0 radical (unpaired) electrons. The van der Waals surface area contributed by atoms with Crippen molar-refractivity contribution in [3.05, 3.63) is 43.2 Å². The van der Waals surface area contributed by atoms with Gasteiger partial charge in [-0.2, -0.15) is 0 Å². The lowest BCUT2D eigenvalue weighted by Gasteiger charge is -2.31. The predicted molar refractivity (Wildman–Crippen MR) is 102 cm³/mol. The molecule has 144 valence electrons. The molecule has 3 aromatic heterocycles. The molecule has 0 aromatic carbocycles. The number of ether oxygens (including phenoxy) is 1. The lowest BCUT2D eigenvalue weighted by Crippen LogP contribution is -2.38. The maximum atomic E-state index is 12.0. The molecule has 4 heterocycles. The minimum absolute atomic E-state index is 0.0559. The Morgan fingerprint density at radius 3 is 2.79 bits per heavy atom. The summed E-state index contributed by atoms with van der Waals surface area (Å²) in [4.78, 5) is 31.8. The minimum atomic E-state index is -0.114. The molecule has 0 amide bonds. The zero-order valence-electron chi connectivity index (χ0n) is 15.6. The first-order valence-corrected chi connectivity index (χ1v) is 9.35. The zero-order chi connectivity index (χ0) is 19.3. The molecule has 0 N–H and O–H groups in total. The summed E-state index contributed by atoms with van der Waals surface area (Å²) in [6.07, 6.45) is 9.75. The zero-order valence-corrected chi connectivity index (χ0v) is 15.6. The van der Waals surface area contributed by atoms with Crippen LogP contribution in [-0.4, -0.2) is 45.6 Å². The van der Waals surface area contributed by atoms with Crippen molar-refractivity contribution in [3.8, 4) is 22.7 Å². The highest BCUT2D eigenvalue weighted by Crippen LogP contribution is 2.31. The smallest absolute Gasteiger partial charge is 0.309 e. The van der Waals surface area contributed by atoms with Crippen molar-refractivity contribution in [1.82, 2.24) is 19.9 Å². The van der Waals surface area contributed by atoms with Crippen LogP contribution in [0.4, 0.5) is 5.95 Å². The maximum Gasteiger partial charge on any atom is 0.309 e. The minimum Gasteiger partial charge on any atom is -0.466 e. The van der Waals surface area contributed by atoms with E-state index in [4.69, 9.17) is 14.1 Å². The Labute approximate surface area is 162 Å². The van der Waals surface area contributed by atoms with E-state index in [1.54, 1.807) is 31.1 Å². The Morgan fingerprint density at radius 2 is 2.11 bits per heavy atom. The number of piperidine rings is 1. The second kappa shape index (κ2) is 8.16. The van der Waals surface area contributed by atoms with Gasteiger partial charge >= 0.3 is 5.97 Å². The summed E-state index contributed by atoms with van der Waals surface area (Å²) < 4.78 is 10.7. The van der Waals surface area contributed by atoms with Gasteiger partial charge in [-0.1, -0.05) is 0 Å². The molecule has 0 aliphatic carbocycles. The molecule has 8 nitrogen and oxygen atoms in total. The number of hydrogen-bond acceptors (Lipinski definition) is 8. The van der Waals surface area contributed by atoms with Crippen molar-refractivity contribution in [2.45, 2.75) is 19.8 Å². The van der Waals surface area contributed by atoms with Crippen LogP contribution in [0.1, 0.15) is 19.8 Å². The number of nitrogens with zero attached hydrogens (tertiary/aromatic N) is 5. The summed E-state index contributed by atoms with van der Waals surface area (Å²) in [5.74, 6) is 1.09. The van der Waals surface area contributed by atoms with Crippen LogP contribution in [0.2, 0.25) is 0 Å². The number of hydrogen-bond donors (Lipinski definition) is 0. The fourth-order valence-electron chi connectivity index (χ4n) is 3.33. The van der Waals surface area contributed by atoms with Gasteiger partial charge in [-0.25, -0.2) is 9.97 Å². The first kappa shape index (κ1) is 18.1. The molecule has 1 fully saturated rings. The van der Waals surface area contributed by atoms with Crippen LogP contribution < -0.4 is 4.90 Å². The van der Waals surface area contributed by atoms with Crippen molar-refractivity contribution in [2.24, 2.45) is 5.92 Å². The highest BCUT2D eigenvalue weighted by atomic mass is 16.5. The molecule has 28 heavy (non-hydrogen) atoms. The number of aromatic nitrogens is 4. The Bertz CT molecular complexity index is 922. The summed E-state index contributed by atoms with van der Waals surface area (Å²) in [5.41, 5.74) is 2.11. The summed E-state index contributed by atoms with van der Waals surface area (Å²) in [5, 5.41) is 0. The van der Waals surface area contributed by atoms with Gasteiger partial charge in [0.05, 0.1) is 30.7 Å². The Kier molecular flexibility index (Phi) is 5.27. The average Bonchev–Trinajstić information content (AvgIpc) is 3.29.